The summed E-state index contributed by atoms with van der Waals surface area (Å²) in [4.78, 5) is 12.3. The fraction of sp³-hybridized carbons (Fsp3) is 0.0952. The highest BCUT2D eigenvalue weighted by molar-refractivity contribution is 5.95. The second-order valence-electron chi connectivity index (χ2n) is 5.44. The lowest BCUT2D eigenvalue weighted by Crippen LogP contribution is -2.23. The number of aromatic nitrogens is 1. The molecule has 0 aliphatic carbocycles. The fourth-order valence-corrected chi connectivity index (χ4v) is 2.42. The number of hydrogen-bond acceptors (Lipinski definition) is 1. The minimum Gasteiger partial charge on any atom is -0.341 e. The molecule has 1 heterocycles. The molecule has 2 aromatic carbocycles. The Balaban J connectivity index is 1.68. The summed E-state index contributed by atoms with van der Waals surface area (Å²) in [6.45, 7) is 2.35. The van der Waals surface area contributed by atoms with Gasteiger partial charge in [0.2, 0.25) is 0 Å². The monoisotopic (exact) mass is 314 g/mol. The molecule has 3 heteroatoms. The van der Waals surface area contributed by atoms with Crippen LogP contribution in [0.15, 0.2) is 73.1 Å². The average molecular weight is 314 g/mol. The SMILES string of the molecule is Cc1ccc(C(=O)NCC#Cc2ccccc2)cc1-n1cccc1. The number of nitrogens with one attached hydrogen (secondary N) is 1. The van der Waals surface area contributed by atoms with Crippen molar-refractivity contribution in [3.8, 4) is 17.5 Å². The highest BCUT2D eigenvalue weighted by atomic mass is 16.1. The van der Waals surface area contributed by atoms with Crippen LogP contribution in [0.4, 0.5) is 0 Å². The maximum atomic E-state index is 12.3. The lowest BCUT2D eigenvalue weighted by Gasteiger charge is -2.09. The van der Waals surface area contributed by atoms with Gasteiger partial charge in [-0.1, -0.05) is 36.1 Å². The first-order valence-electron chi connectivity index (χ1n) is 7.80. The maximum absolute atomic E-state index is 12.3. The van der Waals surface area contributed by atoms with Crippen LogP contribution in [0.3, 0.4) is 0 Å². The molecule has 118 valence electrons. The molecule has 1 aromatic heterocycles. The quantitative estimate of drug-likeness (QED) is 0.737. The Morgan fingerprint density at radius 2 is 1.79 bits per heavy atom. The van der Waals surface area contributed by atoms with Gasteiger partial charge in [-0.15, -0.1) is 0 Å². The van der Waals surface area contributed by atoms with Crippen LogP contribution in [-0.2, 0) is 0 Å². The smallest absolute Gasteiger partial charge is 0.252 e. The van der Waals surface area contributed by atoms with E-state index in [0.717, 1.165) is 16.8 Å². The van der Waals surface area contributed by atoms with Gasteiger partial charge in [0.05, 0.1) is 6.54 Å². The van der Waals surface area contributed by atoms with Crippen molar-refractivity contribution in [2.75, 3.05) is 6.54 Å². The lowest BCUT2D eigenvalue weighted by molar-refractivity contribution is 0.0958. The minimum absolute atomic E-state index is 0.120. The first-order valence-corrected chi connectivity index (χ1v) is 7.80. The Bertz CT molecular complexity index is 885. The number of benzene rings is 2. The van der Waals surface area contributed by atoms with Crippen LogP contribution in [0.25, 0.3) is 5.69 Å². The van der Waals surface area contributed by atoms with Crippen molar-refractivity contribution in [1.29, 1.82) is 0 Å². The first kappa shape index (κ1) is 15.6. The normalized spacial score (nSPS) is 9.88. The number of rotatable bonds is 3. The Labute approximate surface area is 142 Å². The second-order valence-corrected chi connectivity index (χ2v) is 5.44. The molecule has 0 spiro atoms. The van der Waals surface area contributed by atoms with E-state index < -0.39 is 0 Å². The van der Waals surface area contributed by atoms with E-state index in [9.17, 15) is 4.79 Å². The Morgan fingerprint density at radius 3 is 2.54 bits per heavy atom. The molecule has 0 unspecified atom stereocenters. The van der Waals surface area contributed by atoms with Crippen molar-refractivity contribution in [2.24, 2.45) is 0 Å². The molecule has 0 atom stereocenters. The summed E-state index contributed by atoms with van der Waals surface area (Å²) in [5.74, 6) is 5.87. The van der Waals surface area contributed by atoms with Gasteiger partial charge in [-0.2, -0.15) is 0 Å². The number of hydrogen-bond donors (Lipinski definition) is 1. The largest absolute Gasteiger partial charge is 0.341 e. The molecule has 1 amide bonds. The summed E-state index contributed by atoms with van der Waals surface area (Å²) in [5.41, 5.74) is 3.69. The van der Waals surface area contributed by atoms with Gasteiger partial charge < -0.3 is 9.88 Å². The van der Waals surface area contributed by atoms with Gasteiger partial charge in [-0.25, -0.2) is 0 Å². The Kier molecular flexibility index (Phi) is 4.78. The number of amides is 1. The van der Waals surface area contributed by atoms with Gasteiger partial charge in [0.15, 0.2) is 0 Å². The van der Waals surface area contributed by atoms with Crippen molar-refractivity contribution >= 4 is 5.91 Å². The van der Waals surface area contributed by atoms with Crippen molar-refractivity contribution in [3.63, 3.8) is 0 Å². The maximum Gasteiger partial charge on any atom is 0.252 e. The number of aryl methyl sites for hydroxylation is 1. The molecule has 0 saturated heterocycles. The van der Waals surface area contributed by atoms with E-state index in [1.165, 1.54) is 0 Å². The zero-order valence-corrected chi connectivity index (χ0v) is 13.5. The predicted octanol–water partition coefficient (Wildman–Crippen LogP) is 3.57. The van der Waals surface area contributed by atoms with Gasteiger partial charge in [0, 0.05) is 29.2 Å². The molecule has 0 radical (unpaired) electrons. The van der Waals surface area contributed by atoms with E-state index >= 15 is 0 Å². The van der Waals surface area contributed by atoms with Crippen molar-refractivity contribution in [1.82, 2.24) is 9.88 Å². The van der Waals surface area contributed by atoms with E-state index in [-0.39, 0.29) is 5.91 Å². The molecule has 1 N–H and O–H groups in total. The summed E-state index contributed by atoms with van der Waals surface area (Å²) < 4.78 is 2.00. The highest BCUT2D eigenvalue weighted by Gasteiger charge is 2.08. The van der Waals surface area contributed by atoms with Crippen LogP contribution in [0, 0.1) is 18.8 Å². The molecule has 0 saturated carbocycles. The second kappa shape index (κ2) is 7.34. The summed E-state index contributed by atoms with van der Waals surface area (Å²) in [7, 11) is 0. The molecule has 0 fully saturated rings. The molecule has 3 nitrogen and oxygen atoms in total. The van der Waals surface area contributed by atoms with Gasteiger partial charge in [-0.3, -0.25) is 4.79 Å². The standard InChI is InChI=1S/C21H18N2O/c1-17-11-12-19(16-20(17)23-14-5-6-15-23)21(24)22-13-7-10-18-8-3-2-4-9-18/h2-6,8-9,11-12,14-16H,13H2,1H3,(H,22,24). The van der Waals surface area contributed by atoms with E-state index in [2.05, 4.69) is 17.2 Å². The first-order chi connectivity index (χ1) is 11.7. The molecule has 0 bridgehead atoms. The molecule has 3 rings (SSSR count). The summed E-state index contributed by atoms with van der Waals surface area (Å²) in [6.07, 6.45) is 3.94. The van der Waals surface area contributed by atoms with Crippen LogP contribution in [0.5, 0.6) is 0 Å². The molecule has 0 aliphatic heterocycles. The fourth-order valence-electron chi connectivity index (χ4n) is 2.42. The summed E-state index contributed by atoms with van der Waals surface area (Å²) in [5, 5.41) is 2.84. The van der Waals surface area contributed by atoms with Crippen LogP contribution in [0.1, 0.15) is 21.5 Å². The Morgan fingerprint density at radius 1 is 1.04 bits per heavy atom. The van der Waals surface area contributed by atoms with Gasteiger partial charge in [0.1, 0.15) is 0 Å². The van der Waals surface area contributed by atoms with Gasteiger partial charge >= 0.3 is 0 Å². The third kappa shape index (κ3) is 3.74. The van der Waals surface area contributed by atoms with Gasteiger partial charge in [0.25, 0.3) is 5.91 Å². The number of carbonyl (C=O) groups excluding carboxylic acids is 1. The van der Waals surface area contributed by atoms with Crippen molar-refractivity contribution in [2.45, 2.75) is 6.92 Å². The predicted molar refractivity (Wildman–Crippen MR) is 96.2 cm³/mol. The third-order valence-electron chi connectivity index (χ3n) is 3.70. The lowest BCUT2D eigenvalue weighted by atomic mass is 10.1. The zero-order chi connectivity index (χ0) is 16.8. The van der Waals surface area contributed by atoms with E-state index in [4.69, 9.17) is 0 Å². The van der Waals surface area contributed by atoms with Crippen molar-refractivity contribution < 1.29 is 4.79 Å². The van der Waals surface area contributed by atoms with Crippen LogP contribution in [-0.4, -0.2) is 17.0 Å². The average Bonchev–Trinajstić information content (AvgIpc) is 3.14. The van der Waals surface area contributed by atoms with Crippen LogP contribution < -0.4 is 5.32 Å². The van der Waals surface area contributed by atoms with E-state index in [1.54, 1.807) is 0 Å². The highest BCUT2D eigenvalue weighted by Crippen LogP contribution is 2.16. The van der Waals surface area contributed by atoms with Gasteiger partial charge in [-0.05, 0) is 48.9 Å². The number of carbonyl (C=O) groups is 1. The summed E-state index contributed by atoms with van der Waals surface area (Å²) in [6, 6.07) is 19.3. The molecule has 3 aromatic rings. The topological polar surface area (TPSA) is 34.0 Å². The third-order valence-corrected chi connectivity index (χ3v) is 3.70. The van der Waals surface area contributed by atoms with E-state index in [1.807, 2.05) is 84.5 Å². The number of nitrogens with zero attached hydrogens (tertiary/aromatic N) is 1. The zero-order valence-electron chi connectivity index (χ0n) is 13.5. The van der Waals surface area contributed by atoms with E-state index in [0.29, 0.717) is 12.1 Å². The Hall–Kier alpha value is -3.25. The minimum atomic E-state index is -0.120. The molecule has 0 aliphatic rings. The van der Waals surface area contributed by atoms with Crippen LogP contribution >= 0.6 is 0 Å². The van der Waals surface area contributed by atoms with Crippen LogP contribution in [0.2, 0.25) is 0 Å². The van der Waals surface area contributed by atoms with Crippen molar-refractivity contribution in [3.05, 3.63) is 89.7 Å². The summed E-state index contributed by atoms with van der Waals surface area (Å²) >= 11 is 0. The molecular weight excluding hydrogens is 296 g/mol. The molecular formula is C21H18N2O. The molecule has 24 heavy (non-hydrogen) atoms.